The van der Waals surface area contributed by atoms with E-state index in [9.17, 15) is 9.59 Å². The molecule has 0 aliphatic heterocycles. The molecular formula is C13H19NO4. The van der Waals surface area contributed by atoms with Crippen LogP contribution in [0, 0.1) is 12.3 Å². The van der Waals surface area contributed by atoms with Gasteiger partial charge in [-0.2, -0.15) is 0 Å². The van der Waals surface area contributed by atoms with Crippen LogP contribution < -0.4 is 5.32 Å². The predicted octanol–water partition coefficient (Wildman–Crippen LogP) is 1.94. The minimum atomic E-state index is -1.07. The highest BCUT2D eigenvalue weighted by atomic mass is 16.5. The zero-order valence-corrected chi connectivity index (χ0v) is 10.4. The number of ether oxygens (including phenoxy) is 1. The van der Waals surface area contributed by atoms with Crippen molar-refractivity contribution in [2.24, 2.45) is 0 Å². The Kier molecular flexibility index (Phi) is 9.10. The Morgan fingerprint density at radius 2 is 2.17 bits per heavy atom. The maximum Gasteiger partial charge on any atom is 0.408 e. The number of carboxylic acid groups (broad SMARTS) is 1. The maximum atomic E-state index is 11.2. The van der Waals surface area contributed by atoms with E-state index in [2.05, 4.69) is 22.6 Å². The molecule has 1 amide bonds. The second kappa shape index (κ2) is 10.2. The molecule has 18 heavy (non-hydrogen) atoms. The summed E-state index contributed by atoms with van der Waals surface area (Å²) in [7, 11) is 0. The minimum Gasteiger partial charge on any atom is -0.480 e. The van der Waals surface area contributed by atoms with E-state index < -0.39 is 18.1 Å². The van der Waals surface area contributed by atoms with E-state index in [0.29, 0.717) is 19.3 Å². The molecule has 0 bridgehead atoms. The largest absolute Gasteiger partial charge is 0.480 e. The van der Waals surface area contributed by atoms with Crippen LogP contribution in [-0.2, 0) is 9.53 Å². The van der Waals surface area contributed by atoms with Crippen molar-refractivity contribution in [2.75, 3.05) is 6.61 Å². The fourth-order valence-corrected chi connectivity index (χ4v) is 1.33. The Morgan fingerprint density at radius 3 is 2.72 bits per heavy atom. The molecule has 0 aromatic carbocycles. The van der Waals surface area contributed by atoms with Gasteiger partial charge in [0.05, 0.1) is 0 Å². The van der Waals surface area contributed by atoms with Gasteiger partial charge in [0.1, 0.15) is 12.6 Å². The van der Waals surface area contributed by atoms with Crippen LogP contribution in [0.15, 0.2) is 12.7 Å². The third-order valence-electron chi connectivity index (χ3n) is 2.24. The summed E-state index contributed by atoms with van der Waals surface area (Å²) < 4.78 is 4.66. The van der Waals surface area contributed by atoms with Gasteiger partial charge in [0, 0.05) is 6.42 Å². The number of carbonyl (C=O) groups is 2. The van der Waals surface area contributed by atoms with Crippen molar-refractivity contribution >= 4 is 12.1 Å². The van der Waals surface area contributed by atoms with Crippen molar-refractivity contribution in [3.63, 3.8) is 0 Å². The normalized spacial score (nSPS) is 11.1. The van der Waals surface area contributed by atoms with Crippen LogP contribution in [0.1, 0.15) is 32.1 Å². The van der Waals surface area contributed by atoms with E-state index in [1.54, 1.807) is 0 Å². The van der Waals surface area contributed by atoms with Crippen molar-refractivity contribution in [1.82, 2.24) is 5.32 Å². The third-order valence-corrected chi connectivity index (χ3v) is 2.24. The van der Waals surface area contributed by atoms with Gasteiger partial charge in [-0.25, -0.2) is 9.59 Å². The molecule has 0 saturated carbocycles. The first-order chi connectivity index (χ1) is 8.61. The van der Waals surface area contributed by atoms with Gasteiger partial charge in [-0.3, -0.25) is 0 Å². The van der Waals surface area contributed by atoms with E-state index in [1.165, 1.54) is 6.08 Å². The number of rotatable bonds is 9. The smallest absolute Gasteiger partial charge is 0.408 e. The highest BCUT2D eigenvalue weighted by molar-refractivity contribution is 5.79. The molecular weight excluding hydrogens is 234 g/mol. The molecule has 0 aliphatic rings. The van der Waals surface area contributed by atoms with Crippen LogP contribution in [0.25, 0.3) is 0 Å². The van der Waals surface area contributed by atoms with Gasteiger partial charge in [-0.05, 0) is 12.8 Å². The fraction of sp³-hybridized carbons (Fsp3) is 0.538. The minimum absolute atomic E-state index is 0.0559. The molecule has 0 aromatic heterocycles. The van der Waals surface area contributed by atoms with Gasteiger partial charge in [-0.1, -0.05) is 25.5 Å². The molecule has 1 atom stereocenters. The number of aliphatic carboxylic acids is 1. The summed E-state index contributed by atoms with van der Waals surface area (Å²) in [6.07, 6.45) is 9.23. The summed E-state index contributed by atoms with van der Waals surface area (Å²) in [6.45, 7) is 3.44. The van der Waals surface area contributed by atoms with Crippen LogP contribution in [0.4, 0.5) is 4.79 Å². The number of nitrogens with one attached hydrogen (secondary N) is 1. The number of terminal acetylenes is 1. The average molecular weight is 253 g/mol. The van der Waals surface area contributed by atoms with Crippen molar-refractivity contribution in [3.05, 3.63) is 12.7 Å². The standard InChI is InChI=1S/C13H19NO4/c1-3-5-6-7-8-9-11(12(15)16)14-13(17)18-10-4-2/h1,4,11H,2,5-10H2,(H,14,17)(H,15,16). The predicted molar refractivity (Wildman–Crippen MR) is 68.0 cm³/mol. The number of hydrogen-bond donors (Lipinski definition) is 2. The first-order valence-electron chi connectivity index (χ1n) is 5.82. The monoisotopic (exact) mass is 253 g/mol. The number of carbonyl (C=O) groups excluding carboxylic acids is 1. The number of hydrogen-bond acceptors (Lipinski definition) is 3. The van der Waals surface area contributed by atoms with E-state index in [0.717, 1.165) is 12.8 Å². The molecule has 0 aromatic rings. The first kappa shape index (κ1) is 16.0. The third kappa shape index (κ3) is 8.22. The van der Waals surface area contributed by atoms with Gasteiger partial charge in [0.25, 0.3) is 0 Å². The molecule has 0 saturated heterocycles. The van der Waals surface area contributed by atoms with Crippen molar-refractivity contribution in [1.29, 1.82) is 0 Å². The van der Waals surface area contributed by atoms with Gasteiger partial charge < -0.3 is 15.2 Å². The summed E-state index contributed by atoms with van der Waals surface area (Å²) in [5.41, 5.74) is 0. The zero-order valence-electron chi connectivity index (χ0n) is 10.4. The molecule has 0 aliphatic carbocycles. The topological polar surface area (TPSA) is 75.6 Å². The molecule has 0 heterocycles. The average Bonchev–Trinajstić information content (AvgIpc) is 2.34. The molecule has 5 nitrogen and oxygen atoms in total. The molecule has 1 unspecified atom stereocenters. The number of amides is 1. The molecule has 5 heteroatoms. The van der Waals surface area contributed by atoms with E-state index in [1.807, 2.05) is 0 Å². The number of alkyl carbamates (subject to hydrolysis) is 1. The van der Waals surface area contributed by atoms with E-state index in [-0.39, 0.29) is 6.61 Å². The van der Waals surface area contributed by atoms with Crippen LogP contribution in [0.5, 0.6) is 0 Å². The zero-order chi connectivity index (χ0) is 13.8. The van der Waals surface area contributed by atoms with Crippen molar-refractivity contribution < 1.29 is 19.4 Å². The summed E-state index contributed by atoms with van der Waals surface area (Å²) >= 11 is 0. The first-order valence-corrected chi connectivity index (χ1v) is 5.82. The molecule has 0 fully saturated rings. The molecule has 0 rings (SSSR count). The Morgan fingerprint density at radius 1 is 1.44 bits per heavy atom. The lowest BCUT2D eigenvalue weighted by molar-refractivity contribution is -0.139. The molecule has 2 N–H and O–H groups in total. The lowest BCUT2D eigenvalue weighted by Gasteiger charge is -2.13. The highest BCUT2D eigenvalue weighted by Gasteiger charge is 2.19. The summed E-state index contributed by atoms with van der Waals surface area (Å²) in [4.78, 5) is 22.1. The fourth-order valence-electron chi connectivity index (χ4n) is 1.33. The lowest BCUT2D eigenvalue weighted by Crippen LogP contribution is -2.41. The Hall–Kier alpha value is -1.96. The number of carboxylic acids is 1. The second-order valence-electron chi connectivity index (χ2n) is 3.73. The maximum absolute atomic E-state index is 11.2. The van der Waals surface area contributed by atoms with Crippen molar-refractivity contribution in [3.8, 4) is 12.3 Å². The summed E-state index contributed by atoms with van der Waals surface area (Å²) in [6, 6.07) is -0.923. The van der Waals surface area contributed by atoms with Gasteiger partial charge in [-0.15, -0.1) is 12.3 Å². The Bertz CT molecular complexity index is 319. The van der Waals surface area contributed by atoms with E-state index in [4.69, 9.17) is 11.5 Å². The van der Waals surface area contributed by atoms with Gasteiger partial charge in [0.15, 0.2) is 0 Å². The van der Waals surface area contributed by atoms with Crippen LogP contribution in [0.3, 0.4) is 0 Å². The molecule has 100 valence electrons. The summed E-state index contributed by atoms with van der Waals surface area (Å²) in [5.74, 6) is 1.45. The van der Waals surface area contributed by atoms with Crippen LogP contribution in [0.2, 0.25) is 0 Å². The highest BCUT2D eigenvalue weighted by Crippen LogP contribution is 2.06. The number of unbranched alkanes of at least 4 members (excludes halogenated alkanes) is 3. The van der Waals surface area contributed by atoms with Gasteiger partial charge >= 0.3 is 12.1 Å². The Labute approximate surface area is 107 Å². The van der Waals surface area contributed by atoms with E-state index >= 15 is 0 Å². The van der Waals surface area contributed by atoms with Crippen LogP contribution >= 0.6 is 0 Å². The van der Waals surface area contributed by atoms with Crippen molar-refractivity contribution in [2.45, 2.75) is 38.1 Å². The molecule has 0 radical (unpaired) electrons. The Balaban J connectivity index is 3.92. The second-order valence-corrected chi connectivity index (χ2v) is 3.73. The molecule has 0 spiro atoms. The quantitative estimate of drug-likeness (QED) is 0.374. The van der Waals surface area contributed by atoms with Crippen LogP contribution in [-0.4, -0.2) is 29.8 Å². The lowest BCUT2D eigenvalue weighted by atomic mass is 10.1. The summed E-state index contributed by atoms with van der Waals surface area (Å²) in [5, 5.41) is 11.2. The SMILES string of the molecule is C#CCCCCCC(NC(=O)OCC=C)C(=O)O. The van der Waals surface area contributed by atoms with Gasteiger partial charge in [0.2, 0.25) is 0 Å².